The summed E-state index contributed by atoms with van der Waals surface area (Å²) in [6.45, 7) is 2.35. The molecule has 1 rings (SSSR count). The van der Waals surface area contributed by atoms with E-state index in [2.05, 4.69) is 4.90 Å². The van der Waals surface area contributed by atoms with Crippen LogP contribution in [-0.2, 0) is 0 Å². The SMILES string of the molecule is OCN1CCSCC1. The van der Waals surface area contributed by atoms with Crippen LogP contribution in [0.4, 0.5) is 0 Å². The molecule has 1 fully saturated rings. The quantitative estimate of drug-likeness (QED) is 0.544. The van der Waals surface area contributed by atoms with Crippen molar-refractivity contribution in [3.05, 3.63) is 0 Å². The van der Waals surface area contributed by atoms with Crippen molar-refractivity contribution < 1.29 is 5.11 Å². The predicted molar refractivity (Wildman–Crippen MR) is 36.0 cm³/mol. The molecule has 0 radical (unpaired) electrons. The van der Waals surface area contributed by atoms with Crippen molar-refractivity contribution in [2.24, 2.45) is 0 Å². The van der Waals surface area contributed by atoms with Crippen LogP contribution in [0.1, 0.15) is 0 Å². The molecule has 3 heteroatoms. The van der Waals surface area contributed by atoms with Crippen molar-refractivity contribution in [1.82, 2.24) is 4.90 Å². The Hall–Kier alpha value is 0.270. The van der Waals surface area contributed by atoms with Gasteiger partial charge in [-0.1, -0.05) is 0 Å². The molecule has 0 amide bonds. The molecule has 0 aromatic rings. The van der Waals surface area contributed by atoms with Crippen LogP contribution in [0.2, 0.25) is 0 Å². The van der Waals surface area contributed by atoms with Crippen LogP contribution in [0.5, 0.6) is 0 Å². The van der Waals surface area contributed by atoms with Gasteiger partial charge in [0.05, 0.1) is 6.73 Å². The molecule has 0 atom stereocenters. The van der Waals surface area contributed by atoms with Crippen LogP contribution in [0.25, 0.3) is 0 Å². The Morgan fingerprint density at radius 2 is 2.00 bits per heavy atom. The van der Waals surface area contributed by atoms with Crippen molar-refractivity contribution in [1.29, 1.82) is 0 Å². The normalized spacial score (nSPS) is 23.6. The molecule has 0 saturated carbocycles. The Kier molecular flexibility index (Phi) is 2.66. The third kappa shape index (κ3) is 1.65. The van der Waals surface area contributed by atoms with Crippen LogP contribution < -0.4 is 0 Å². The molecule has 1 N–H and O–H groups in total. The average molecular weight is 133 g/mol. The molecule has 8 heavy (non-hydrogen) atoms. The van der Waals surface area contributed by atoms with E-state index in [0.29, 0.717) is 0 Å². The predicted octanol–water partition coefficient (Wildman–Crippen LogP) is -0.0150. The molecular weight excluding hydrogens is 122 g/mol. The van der Waals surface area contributed by atoms with Gasteiger partial charge in [0.15, 0.2) is 0 Å². The molecule has 48 valence electrons. The van der Waals surface area contributed by atoms with E-state index in [0.717, 1.165) is 13.1 Å². The largest absolute Gasteiger partial charge is 0.381 e. The third-order valence-corrected chi connectivity index (χ3v) is 2.25. The highest BCUT2D eigenvalue weighted by Crippen LogP contribution is 2.07. The van der Waals surface area contributed by atoms with Gasteiger partial charge >= 0.3 is 0 Å². The van der Waals surface area contributed by atoms with Gasteiger partial charge in [-0.2, -0.15) is 11.8 Å². The zero-order valence-corrected chi connectivity index (χ0v) is 5.65. The number of rotatable bonds is 1. The van der Waals surface area contributed by atoms with Gasteiger partial charge < -0.3 is 5.11 Å². The lowest BCUT2D eigenvalue weighted by atomic mass is 10.5. The van der Waals surface area contributed by atoms with E-state index in [1.807, 2.05) is 11.8 Å². The molecule has 1 heterocycles. The Balaban J connectivity index is 2.13. The summed E-state index contributed by atoms with van der Waals surface area (Å²) in [7, 11) is 0. The van der Waals surface area contributed by atoms with Crippen molar-refractivity contribution in [2.75, 3.05) is 31.3 Å². The minimum atomic E-state index is 0.237. The van der Waals surface area contributed by atoms with E-state index >= 15 is 0 Å². The molecule has 0 unspecified atom stereocenters. The maximum absolute atomic E-state index is 8.61. The minimum Gasteiger partial charge on any atom is -0.381 e. The van der Waals surface area contributed by atoms with Crippen molar-refractivity contribution in [2.45, 2.75) is 0 Å². The maximum atomic E-state index is 8.61. The van der Waals surface area contributed by atoms with Crippen LogP contribution in [0, 0.1) is 0 Å². The van der Waals surface area contributed by atoms with E-state index in [9.17, 15) is 0 Å². The molecule has 0 aliphatic carbocycles. The summed E-state index contributed by atoms with van der Waals surface area (Å²) in [6.07, 6.45) is 0. The molecule has 0 aromatic carbocycles. The second-order valence-electron chi connectivity index (χ2n) is 1.87. The first-order chi connectivity index (χ1) is 3.93. The zero-order chi connectivity index (χ0) is 5.82. The topological polar surface area (TPSA) is 23.5 Å². The summed E-state index contributed by atoms with van der Waals surface area (Å²) in [5.74, 6) is 2.36. The lowest BCUT2D eigenvalue weighted by Gasteiger charge is -2.22. The second-order valence-corrected chi connectivity index (χ2v) is 3.10. The highest BCUT2D eigenvalue weighted by molar-refractivity contribution is 7.99. The third-order valence-electron chi connectivity index (χ3n) is 1.30. The highest BCUT2D eigenvalue weighted by Gasteiger charge is 2.06. The molecule has 0 aromatic heterocycles. The van der Waals surface area contributed by atoms with E-state index < -0.39 is 0 Å². The fourth-order valence-electron chi connectivity index (χ4n) is 0.743. The molecule has 1 aliphatic heterocycles. The van der Waals surface area contributed by atoms with Gasteiger partial charge in [-0.25, -0.2) is 0 Å². The number of aliphatic hydroxyl groups is 1. The fourth-order valence-corrected chi connectivity index (χ4v) is 1.72. The summed E-state index contributed by atoms with van der Waals surface area (Å²) in [5, 5.41) is 8.61. The Bertz CT molecular complexity index is 63.4. The number of thioether (sulfide) groups is 1. The maximum Gasteiger partial charge on any atom is 0.0957 e. The molecular formula is C5H11NOS. The van der Waals surface area contributed by atoms with Gasteiger partial charge in [0.1, 0.15) is 0 Å². The van der Waals surface area contributed by atoms with Crippen LogP contribution >= 0.6 is 11.8 Å². The minimum absolute atomic E-state index is 0.237. The van der Waals surface area contributed by atoms with Crippen molar-refractivity contribution in [3.8, 4) is 0 Å². The summed E-state index contributed by atoms with van der Waals surface area (Å²) < 4.78 is 0. The fraction of sp³-hybridized carbons (Fsp3) is 1.00. The summed E-state index contributed by atoms with van der Waals surface area (Å²) in [6, 6.07) is 0. The summed E-state index contributed by atoms with van der Waals surface area (Å²) in [5.41, 5.74) is 0. The lowest BCUT2D eigenvalue weighted by Crippen LogP contribution is -2.33. The molecule has 1 aliphatic rings. The monoisotopic (exact) mass is 133 g/mol. The van der Waals surface area contributed by atoms with Crippen LogP contribution in [0.15, 0.2) is 0 Å². The Labute approximate surface area is 53.9 Å². The zero-order valence-electron chi connectivity index (χ0n) is 4.84. The first-order valence-electron chi connectivity index (χ1n) is 2.84. The first kappa shape index (κ1) is 6.39. The van der Waals surface area contributed by atoms with Gasteiger partial charge in [0.25, 0.3) is 0 Å². The smallest absolute Gasteiger partial charge is 0.0957 e. The van der Waals surface area contributed by atoms with Crippen LogP contribution in [0.3, 0.4) is 0 Å². The standard InChI is InChI=1S/C5H11NOS/c7-5-6-1-3-8-4-2-6/h7H,1-5H2. The van der Waals surface area contributed by atoms with E-state index in [-0.39, 0.29) is 6.73 Å². The molecule has 2 nitrogen and oxygen atoms in total. The molecule has 0 bridgehead atoms. The number of aliphatic hydroxyl groups excluding tert-OH is 1. The van der Waals surface area contributed by atoms with E-state index in [4.69, 9.17) is 5.11 Å². The molecule has 1 saturated heterocycles. The second kappa shape index (κ2) is 3.33. The Morgan fingerprint density at radius 3 is 2.38 bits per heavy atom. The van der Waals surface area contributed by atoms with Crippen LogP contribution in [-0.4, -0.2) is 41.3 Å². The van der Waals surface area contributed by atoms with Gasteiger partial charge in [-0.3, -0.25) is 4.90 Å². The van der Waals surface area contributed by atoms with E-state index in [1.165, 1.54) is 11.5 Å². The van der Waals surface area contributed by atoms with Gasteiger partial charge in [-0.05, 0) is 0 Å². The van der Waals surface area contributed by atoms with Gasteiger partial charge in [0, 0.05) is 24.6 Å². The van der Waals surface area contributed by atoms with Gasteiger partial charge in [0.2, 0.25) is 0 Å². The average Bonchev–Trinajstić information content (AvgIpc) is 1.90. The summed E-state index contributed by atoms with van der Waals surface area (Å²) >= 11 is 1.96. The molecule has 0 spiro atoms. The van der Waals surface area contributed by atoms with Crippen molar-refractivity contribution >= 4 is 11.8 Å². The number of hydrogen-bond acceptors (Lipinski definition) is 3. The lowest BCUT2D eigenvalue weighted by molar-refractivity contribution is 0.118. The Morgan fingerprint density at radius 1 is 1.38 bits per heavy atom. The van der Waals surface area contributed by atoms with Gasteiger partial charge in [-0.15, -0.1) is 0 Å². The van der Waals surface area contributed by atoms with Crippen molar-refractivity contribution in [3.63, 3.8) is 0 Å². The summed E-state index contributed by atoms with van der Waals surface area (Å²) in [4.78, 5) is 2.05. The number of nitrogens with zero attached hydrogens (tertiary/aromatic N) is 1. The van der Waals surface area contributed by atoms with E-state index in [1.54, 1.807) is 0 Å². The first-order valence-corrected chi connectivity index (χ1v) is 4.00. The highest BCUT2D eigenvalue weighted by atomic mass is 32.2. The number of hydrogen-bond donors (Lipinski definition) is 1.